The van der Waals surface area contributed by atoms with Gasteiger partial charge in [-0.2, -0.15) is 0 Å². The van der Waals surface area contributed by atoms with Gasteiger partial charge in [0.15, 0.2) is 5.90 Å². The van der Waals surface area contributed by atoms with Gasteiger partial charge in [0.25, 0.3) is 0 Å². The summed E-state index contributed by atoms with van der Waals surface area (Å²) in [4.78, 5) is 1.18. The molecule has 0 fully saturated rings. The van der Waals surface area contributed by atoms with Crippen LogP contribution in [0.5, 0.6) is 0 Å². The van der Waals surface area contributed by atoms with Gasteiger partial charge in [0.2, 0.25) is 0 Å². The van der Waals surface area contributed by atoms with E-state index in [0.29, 0.717) is 18.9 Å². The van der Waals surface area contributed by atoms with Crippen LogP contribution in [0.1, 0.15) is 11.8 Å². The maximum Gasteiger partial charge on any atom is 0.185 e. The molecular formula is C8H12ClNOS. The molecule has 0 saturated heterocycles. The van der Waals surface area contributed by atoms with Gasteiger partial charge in [-0.3, -0.25) is 5.41 Å². The lowest BCUT2D eigenvalue weighted by Crippen LogP contribution is -2.04. The van der Waals surface area contributed by atoms with E-state index in [9.17, 15) is 0 Å². The molecule has 0 bridgehead atoms. The van der Waals surface area contributed by atoms with E-state index in [2.05, 4.69) is 0 Å². The van der Waals surface area contributed by atoms with Crippen LogP contribution in [0, 0.1) is 5.41 Å². The van der Waals surface area contributed by atoms with Crippen molar-refractivity contribution in [2.45, 2.75) is 13.3 Å². The molecule has 12 heavy (non-hydrogen) atoms. The predicted octanol–water partition coefficient (Wildman–Crippen LogP) is 2.73. The molecule has 0 unspecified atom stereocenters. The third-order valence-electron chi connectivity index (χ3n) is 1.23. The van der Waals surface area contributed by atoms with E-state index in [-0.39, 0.29) is 12.4 Å². The summed E-state index contributed by atoms with van der Waals surface area (Å²) in [6, 6.07) is 4.00. The molecule has 0 aliphatic carbocycles. The Balaban J connectivity index is 0.00000121. The lowest BCUT2D eigenvalue weighted by atomic mass is 10.3. The maximum absolute atomic E-state index is 7.35. The average Bonchev–Trinajstić information content (AvgIpc) is 2.40. The number of halogens is 1. The zero-order chi connectivity index (χ0) is 8.10. The first-order valence-electron chi connectivity index (χ1n) is 3.55. The molecule has 0 spiro atoms. The minimum Gasteiger partial charge on any atom is -0.481 e. The summed E-state index contributed by atoms with van der Waals surface area (Å²) < 4.78 is 5.01. The molecule has 0 aliphatic rings. The predicted molar refractivity (Wildman–Crippen MR) is 54.6 cm³/mol. The highest BCUT2D eigenvalue weighted by molar-refractivity contribution is 7.10. The van der Waals surface area contributed by atoms with Crippen molar-refractivity contribution in [3.05, 3.63) is 22.4 Å². The minimum atomic E-state index is 0. The van der Waals surface area contributed by atoms with Crippen molar-refractivity contribution in [3.8, 4) is 0 Å². The Bertz CT molecular complexity index is 223. The second-order valence-corrected chi connectivity index (χ2v) is 3.14. The molecule has 0 amide bonds. The number of hydrogen-bond donors (Lipinski definition) is 1. The van der Waals surface area contributed by atoms with Gasteiger partial charge in [-0.1, -0.05) is 6.07 Å². The van der Waals surface area contributed by atoms with Crippen molar-refractivity contribution in [1.82, 2.24) is 0 Å². The molecule has 4 heteroatoms. The van der Waals surface area contributed by atoms with E-state index in [0.717, 1.165) is 0 Å². The summed E-state index contributed by atoms with van der Waals surface area (Å²) in [5.41, 5.74) is 0. The van der Waals surface area contributed by atoms with Gasteiger partial charge in [0.05, 0.1) is 13.0 Å². The van der Waals surface area contributed by atoms with Crippen molar-refractivity contribution < 1.29 is 4.74 Å². The summed E-state index contributed by atoms with van der Waals surface area (Å²) in [5, 5.41) is 9.36. The highest BCUT2D eigenvalue weighted by Gasteiger charge is 1.99. The first-order valence-corrected chi connectivity index (χ1v) is 4.43. The SMILES string of the molecule is CCOC(=N)Cc1cccs1.Cl. The summed E-state index contributed by atoms with van der Waals surface area (Å²) in [6.07, 6.45) is 0.630. The molecule has 0 radical (unpaired) electrons. The molecule has 1 N–H and O–H groups in total. The number of ether oxygens (including phenoxy) is 1. The van der Waals surface area contributed by atoms with Gasteiger partial charge in [-0.05, 0) is 18.4 Å². The molecule has 0 aromatic carbocycles. The van der Waals surface area contributed by atoms with E-state index < -0.39 is 0 Å². The first-order chi connectivity index (χ1) is 5.33. The summed E-state index contributed by atoms with van der Waals surface area (Å²) in [5.74, 6) is 0.356. The topological polar surface area (TPSA) is 33.1 Å². The molecule has 0 atom stereocenters. The second kappa shape index (κ2) is 6.03. The van der Waals surface area contributed by atoms with Crippen molar-refractivity contribution in [3.63, 3.8) is 0 Å². The molecule has 1 heterocycles. The summed E-state index contributed by atoms with van der Waals surface area (Å²) in [6.45, 7) is 2.48. The van der Waals surface area contributed by atoms with Crippen LogP contribution in [0.3, 0.4) is 0 Å². The van der Waals surface area contributed by atoms with Crippen LogP contribution in [0.25, 0.3) is 0 Å². The monoisotopic (exact) mass is 205 g/mol. The van der Waals surface area contributed by atoms with E-state index in [4.69, 9.17) is 10.1 Å². The van der Waals surface area contributed by atoms with E-state index >= 15 is 0 Å². The van der Waals surface area contributed by atoms with Crippen molar-refractivity contribution in [2.75, 3.05) is 6.61 Å². The Morgan fingerprint density at radius 3 is 2.92 bits per heavy atom. The smallest absolute Gasteiger partial charge is 0.185 e. The van der Waals surface area contributed by atoms with Crippen LogP contribution < -0.4 is 0 Å². The maximum atomic E-state index is 7.35. The van der Waals surface area contributed by atoms with Gasteiger partial charge in [0.1, 0.15) is 0 Å². The highest BCUT2D eigenvalue weighted by Crippen LogP contribution is 2.09. The molecule has 1 aromatic rings. The fourth-order valence-corrected chi connectivity index (χ4v) is 1.50. The number of hydrogen-bond acceptors (Lipinski definition) is 3. The largest absolute Gasteiger partial charge is 0.481 e. The van der Waals surface area contributed by atoms with Gasteiger partial charge in [0, 0.05) is 4.88 Å². The van der Waals surface area contributed by atoms with Crippen molar-refractivity contribution in [1.29, 1.82) is 5.41 Å². The van der Waals surface area contributed by atoms with Gasteiger partial charge >= 0.3 is 0 Å². The molecule has 2 nitrogen and oxygen atoms in total. The third-order valence-corrected chi connectivity index (χ3v) is 2.11. The van der Waals surface area contributed by atoms with Crippen molar-refractivity contribution in [2.24, 2.45) is 0 Å². The minimum absolute atomic E-state index is 0. The van der Waals surface area contributed by atoms with Crippen LogP contribution in [0.2, 0.25) is 0 Å². The number of rotatable bonds is 3. The zero-order valence-electron chi connectivity index (χ0n) is 6.87. The van der Waals surface area contributed by atoms with Gasteiger partial charge in [-0.15, -0.1) is 23.7 Å². The Hall–Kier alpha value is -0.540. The quantitative estimate of drug-likeness (QED) is 0.598. The lowest BCUT2D eigenvalue weighted by Gasteiger charge is -2.01. The van der Waals surface area contributed by atoms with Crippen LogP contribution in [-0.2, 0) is 11.2 Å². The van der Waals surface area contributed by atoms with Gasteiger partial charge < -0.3 is 4.74 Å². The number of thiophene rings is 1. The average molecular weight is 206 g/mol. The van der Waals surface area contributed by atoms with Crippen LogP contribution in [0.4, 0.5) is 0 Å². The summed E-state index contributed by atoms with van der Waals surface area (Å²) in [7, 11) is 0. The summed E-state index contributed by atoms with van der Waals surface area (Å²) >= 11 is 1.66. The van der Waals surface area contributed by atoms with E-state index in [1.807, 2.05) is 24.4 Å². The third kappa shape index (κ3) is 3.74. The molecule has 68 valence electrons. The Morgan fingerprint density at radius 1 is 1.67 bits per heavy atom. The second-order valence-electron chi connectivity index (χ2n) is 2.11. The lowest BCUT2D eigenvalue weighted by molar-refractivity contribution is 0.317. The van der Waals surface area contributed by atoms with Crippen molar-refractivity contribution >= 4 is 29.6 Å². The fourth-order valence-electron chi connectivity index (χ4n) is 0.797. The first kappa shape index (κ1) is 11.5. The zero-order valence-corrected chi connectivity index (χ0v) is 8.50. The molecule has 0 aliphatic heterocycles. The normalized spacial score (nSPS) is 8.75. The number of nitrogens with one attached hydrogen (secondary N) is 1. The van der Waals surface area contributed by atoms with Crippen LogP contribution >= 0.6 is 23.7 Å². The Labute approximate surface area is 82.5 Å². The Morgan fingerprint density at radius 2 is 2.42 bits per heavy atom. The molecule has 1 aromatic heterocycles. The van der Waals surface area contributed by atoms with Crippen LogP contribution in [0.15, 0.2) is 17.5 Å². The highest BCUT2D eigenvalue weighted by atomic mass is 35.5. The standard InChI is InChI=1S/C8H11NOS.ClH/c1-2-10-8(9)6-7-4-3-5-11-7;/h3-5,9H,2,6H2,1H3;1H. The molecule has 0 saturated carbocycles. The van der Waals surface area contributed by atoms with E-state index in [1.165, 1.54) is 4.88 Å². The van der Waals surface area contributed by atoms with E-state index in [1.54, 1.807) is 11.3 Å². The van der Waals surface area contributed by atoms with Crippen LogP contribution in [-0.4, -0.2) is 12.5 Å². The Kier molecular flexibility index (Phi) is 5.76. The molecular weight excluding hydrogens is 194 g/mol. The molecule has 1 rings (SSSR count). The van der Waals surface area contributed by atoms with Gasteiger partial charge in [-0.25, -0.2) is 0 Å². The fraction of sp³-hybridized carbons (Fsp3) is 0.375.